The van der Waals surface area contributed by atoms with Crippen LogP contribution in [0.25, 0.3) is 0 Å². The summed E-state index contributed by atoms with van der Waals surface area (Å²) in [5.74, 6) is -0.00130. The summed E-state index contributed by atoms with van der Waals surface area (Å²) < 4.78 is 0. The van der Waals surface area contributed by atoms with Crippen LogP contribution in [0.1, 0.15) is 41.6 Å². The average Bonchev–Trinajstić information content (AvgIpc) is 2.56. The third-order valence-electron chi connectivity index (χ3n) is 4.69. The first-order valence-electron chi connectivity index (χ1n) is 8.36. The lowest BCUT2D eigenvalue weighted by Gasteiger charge is -2.26. The summed E-state index contributed by atoms with van der Waals surface area (Å²) >= 11 is 0. The van der Waals surface area contributed by atoms with Crippen molar-refractivity contribution < 1.29 is 9.59 Å². The summed E-state index contributed by atoms with van der Waals surface area (Å²) in [6.07, 6.45) is 5.38. The lowest BCUT2D eigenvalue weighted by atomic mass is 9.96. The zero-order valence-electron chi connectivity index (χ0n) is 13.7. The Morgan fingerprint density at radius 3 is 3.09 bits per heavy atom. The predicted octanol–water partition coefficient (Wildman–Crippen LogP) is 0.664. The smallest absolute Gasteiger partial charge is 0.239 e. The van der Waals surface area contributed by atoms with E-state index in [2.05, 4.69) is 15.6 Å². The highest BCUT2D eigenvalue weighted by Crippen LogP contribution is 2.20. The molecule has 124 valence electrons. The maximum Gasteiger partial charge on any atom is 0.239 e. The molecule has 0 unspecified atom stereocenters. The molecule has 2 aliphatic heterocycles. The Morgan fingerprint density at radius 2 is 2.26 bits per heavy atom. The summed E-state index contributed by atoms with van der Waals surface area (Å²) in [7, 11) is 0. The molecule has 3 rings (SSSR count). The first-order chi connectivity index (χ1) is 11.1. The van der Waals surface area contributed by atoms with E-state index in [9.17, 15) is 9.59 Å². The van der Waals surface area contributed by atoms with Crippen molar-refractivity contribution in [2.45, 2.75) is 45.7 Å². The topological polar surface area (TPSA) is 74.3 Å². The van der Waals surface area contributed by atoms with Crippen molar-refractivity contribution in [3.05, 3.63) is 28.6 Å². The average molecular weight is 316 g/mol. The number of nitrogens with zero attached hydrogens (tertiary/aromatic N) is 2. The van der Waals surface area contributed by atoms with E-state index >= 15 is 0 Å². The van der Waals surface area contributed by atoms with Crippen LogP contribution in [0.4, 0.5) is 0 Å². The number of fused-ring (bicyclic) bond motifs is 1. The molecule has 23 heavy (non-hydrogen) atoms. The van der Waals surface area contributed by atoms with Crippen LogP contribution in [0.5, 0.6) is 0 Å². The predicted molar refractivity (Wildman–Crippen MR) is 86.7 cm³/mol. The number of aromatic nitrogens is 1. The van der Waals surface area contributed by atoms with Crippen molar-refractivity contribution in [3.8, 4) is 0 Å². The van der Waals surface area contributed by atoms with Crippen LogP contribution in [0.3, 0.4) is 0 Å². The summed E-state index contributed by atoms with van der Waals surface area (Å²) in [5.41, 5.74) is 4.63. The number of aryl methyl sites for hydroxylation is 1. The van der Waals surface area contributed by atoms with Gasteiger partial charge >= 0.3 is 0 Å². The lowest BCUT2D eigenvalue weighted by molar-refractivity contribution is -0.137. The minimum atomic E-state index is -0.0915. The van der Waals surface area contributed by atoms with Gasteiger partial charge in [0.15, 0.2) is 0 Å². The highest BCUT2D eigenvalue weighted by molar-refractivity contribution is 5.85. The Bertz CT molecular complexity index is 615. The fourth-order valence-electron chi connectivity index (χ4n) is 3.32. The molecule has 2 amide bonds. The van der Waals surface area contributed by atoms with Gasteiger partial charge in [0, 0.05) is 37.9 Å². The van der Waals surface area contributed by atoms with Crippen LogP contribution in [0.2, 0.25) is 0 Å². The van der Waals surface area contributed by atoms with E-state index in [-0.39, 0.29) is 18.4 Å². The molecule has 3 heterocycles. The van der Waals surface area contributed by atoms with Crippen molar-refractivity contribution >= 4 is 11.8 Å². The number of carbonyl (C=O) groups is 2. The molecular weight excluding hydrogens is 292 g/mol. The number of carbonyl (C=O) groups excluding carboxylic acids is 2. The maximum absolute atomic E-state index is 12.2. The molecule has 1 saturated heterocycles. The second-order valence-electron chi connectivity index (χ2n) is 6.30. The molecular formula is C17H24N4O2. The second kappa shape index (κ2) is 7.08. The minimum absolute atomic E-state index is 0.0902. The Morgan fingerprint density at radius 1 is 1.39 bits per heavy atom. The number of rotatable bonds is 4. The molecule has 0 aliphatic carbocycles. The molecule has 0 spiro atoms. The van der Waals surface area contributed by atoms with Gasteiger partial charge in [-0.3, -0.25) is 14.6 Å². The van der Waals surface area contributed by atoms with Gasteiger partial charge in [-0.05, 0) is 49.4 Å². The molecule has 0 bridgehead atoms. The first kappa shape index (κ1) is 15.9. The third kappa shape index (κ3) is 3.69. The highest BCUT2D eigenvalue weighted by atomic mass is 16.2. The Balaban J connectivity index is 1.62. The van der Waals surface area contributed by atoms with Crippen molar-refractivity contribution in [2.75, 3.05) is 19.6 Å². The number of hydrogen-bond acceptors (Lipinski definition) is 4. The minimum Gasteiger partial charge on any atom is -0.350 e. The van der Waals surface area contributed by atoms with E-state index in [0.717, 1.165) is 43.6 Å². The normalized spacial score (nSPS) is 17.8. The number of nitrogens with one attached hydrogen (secondary N) is 2. The standard InChI is InChI=1S/C17H24N4O2/c1-12-15(14-5-6-18-8-13(14)9-19-12)10-20-16(22)11-21-7-3-2-4-17(21)23/h9,18H,2-8,10-11H2,1H3,(H,20,22). The highest BCUT2D eigenvalue weighted by Gasteiger charge is 2.21. The van der Waals surface area contributed by atoms with E-state index in [0.29, 0.717) is 19.5 Å². The molecule has 1 fully saturated rings. The molecule has 6 heteroatoms. The van der Waals surface area contributed by atoms with E-state index in [1.54, 1.807) is 4.90 Å². The van der Waals surface area contributed by atoms with Crippen LogP contribution in [-0.4, -0.2) is 41.3 Å². The Hall–Kier alpha value is -1.95. The third-order valence-corrected chi connectivity index (χ3v) is 4.69. The summed E-state index contributed by atoms with van der Waals surface area (Å²) in [6, 6.07) is 0. The molecule has 0 atom stereocenters. The van der Waals surface area contributed by atoms with Crippen LogP contribution in [0, 0.1) is 6.92 Å². The zero-order valence-corrected chi connectivity index (χ0v) is 13.7. The van der Waals surface area contributed by atoms with Gasteiger partial charge in [-0.2, -0.15) is 0 Å². The number of amides is 2. The molecule has 2 aliphatic rings. The van der Waals surface area contributed by atoms with Gasteiger partial charge in [-0.25, -0.2) is 0 Å². The zero-order chi connectivity index (χ0) is 16.2. The maximum atomic E-state index is 12.2. The number of piperidine rings is 1. The van der Waals surface area contributed by atoms with Crippen molar-refractivity contribution in [2.24, 2.45) is 0 Å². The molecule has 6 nitrogen and oxygen atoms in total. The fraction of sp³-hybridized carbons (Fsp3) is 0.588. The van der Waals surface area contributed by atoms with Gasteiger partial charge in [0.05, 0.1) is 6.54 Å². The first-order valence-corrected chi connectivity index (χ1v) is 8.36. The van der Waals surface area contributed by atoms with Crippen LogP contribution in [0.15, 0.2) is 6.20 Å². The van der Waals surface area contributed by atoms with Gasteiger partial charge in [0.2, 0.25) is 11.8 Å². The van der Waals surface area contributed by atoms with Crippen LogP contribution < -0.4 is 10.6 Å². The van der Waals surface area contributed by atoms with Crippen molar-refractivity contribution in [3.63, 3.8) is 0 Å². The number of likely N-dealkylation sites (tertiary alicyclic amines) is 1. The molecule has 0 aromatic carbocycles. The van der Waals surface area contributed by atoms with Crippen molar-refractivity contribution in [1.82, 2.24) is 20.5 Å². The molecule has 0 radical (unpaired) electrons. The van der Waals surface area contributed by atoms with Crippen LogP contribution in [-0.2, 0) is 29.1 Å². The Labute approximate surface area is 136 Å². The lowest BCUT2D eigenvalue weighted by Crippen LogP contribution is -2.43. The fourth-order valence-corrected chi connectivity index (χ4v) is 3.32. The second-order valence-corrected chi connectivity index (χ2v) is 6.30. The van der Waals surface area contributed by atoms with E-state index in [4.69, 9.17) is 0 Å². The van der Waals surface area contributed by atoms with E-state index < -0.39 is 0 Å². The summed E-state index contributed by atoms with van der Waals surface area (Å²) in [5, 5.41) is 6.30. The summed E-state index contributed by atoms with van der Waals surface area (Å²) in [6.45, 7) is 5.13. The van der Waals surface area contributed by atoms with E-state index in [1.165, 1.54) is 11.1 Å². The number of hydrogen-bond donors (Lipinski definition) is 2. The molecule has 1 aromatic heterocycles. The molecule has 0 saturated carbocycles. The van der Waals surface area contributed by atoms with Gasteiger partial charge < -0.3 is 15.5 Å². The van der Waals surface area contributed by atoms with Crippen LogP contribution >= 0.6 is 0 Å². The quantitative estimate of drug-likeness (QED) is 0.856. The van der Waals surface area contributed by atoms with Gasteiger partial charge in [0.1, 0.15) is 0 Å². The van der Waals surface area contributed by atoms with Gasteiger partial charge in [0.25, 0.3) is 0 Å². The van der Waals surface area contributed by atoms with E-state index in [1.807, 2.05) is 13.1 Å². The Kier molecular flexibility index (Phi) is 4.91. The SMILES string of the molecule is Cc1ncc2c(c1CNC(=O)CN1CCCCC1=O)CCNC2. The monoisotopic (exact) mass is 316 g/mol. The summed E-state index contributed by atoms with van der Waals surface area (Å²) in [4.78, 5) is 30.1. The van der Waals surface area contributed by atoms with Gasteiger partial charge in [-0.15, -0.1) is 0 Å². The molecule has 2 N–H and O–H groups in total. The van der Waals surface area contributed by atoms with Crippen molar-refractivity contribution in [1.29, 1.82) is 0 Å². The largest absolute Gasteiger partial charge is 0.350 e. The van der Waals surface area contributed by atoms with Gasteiger partial charge in [-0.1, -0.05) is 0 Å². The molecule has 1 aromatic rings. The number of pyridine rings is 1.